The van der Waals surface area contributed by atoms with Gasteiger partial charge in [0.05, 0.1) is 0 Å². The van der Waals surface area contributed by atoms with Crippen LogP contribution in [0.5, 0.6) is 0 Å². The lowest BCUT2D eigenvalue weighted by Gasteiger charge is -2.23. The maximum Gasteiger partial charge on any atom is 0.0474 e. The Balaban J connectivity index is 2.41. The van der Waals surface area contributed by atoms with Gasteiger partial charge in [0.25, 0.3) is 0 Å². The minimum atomic E-state index is 0.559. The fraction of sp³-hybridized carbons (Fsp3) is 0.571. The lowest BCUT2D eigenvalue weighted by Crippen LogP contribution is -2.27. The maximum absolute atomic E-state index is 5.07. The lowest BCUT2D eigenvalue weighted by molar-refractivity contribution is 0.178. The van der Waals surface area contributed by atoms with Crippen molar-refractivity contribution in [3.63, 3.8) is 0 Å². The normalized spacial score (nSPS) is 12.9. The molecule has 0 radical (unpaired) electrons. The Hall–Kier alpha value is -0.380. The predicted octanol–water partition coefficient (Wildman–Crippen LogP) is 3.13. The number of hydrogen-bond donors (Lipinski definition) is 0. The molecule has 0 saturated heterocycles. The van der Waals surface area contributed by atoms with Crippen molar-refractivity contribution in [2.45, 2.75) is 12.3 Å². The Bertz CT molecular complexity index is 292. The summed E-state index contributed by atoms with van der Waals surface area (Å²) in [5.41, 5.74) is 1.41. The average Bonchev–Trinajstić information content (AvgIpc) is 2.37. The molecule has 0 aliphatic heterocycles. The van der Waals surface area contributed by atoms with Crippen molar-refractivity contribution < 1.29 is 4.74 Å². The van der Waals surface area contributed by atoms with Crippen LogP contribution in [0.1, 0.15) is 17.9 Å². The molecule has 0 heterocycles. The Morgan fingerprint density at radius 3 is 2.59 bits per heavy atom. The van der Waals surface area contributed by atoms with Crippen LogP contribution in [0.2, 0.25) is 0 Å². The van der Waals surface area contributed by atoms with Gasteiger partial charge in [-0.1, -0.05) is 46.3 Å². The van der Waals surface area contributed by atoms with Crippen LogP contribution in [0.3, 0.4) is 0 Å². The number of hydrogen-bond acceptors (Lipinski definition) is 2. The first kappa shape index (κ1) is 14.7. The van der Waals surface area contributed by atoms with Gasteiger partial charge in [-0.2, -0.15) is 0 Å². The van der Waals surface area contributed by atoms with Gasteiger partial charge in [0.15, 0.2) is 0 Å². The minimum Gasteiger partial charge on any atom is -0.385 e. The highest BCUT2D eigenvalue weighted by Gasteiger charge is 2.12. The van der Waals surface area contributed by atoms with Gasteiger partial charge in [0.2, 0.25) is 0 Å². The largest absolute Gasteiger partial charge is 0.385 e. The van der Waals surface area contributed by atoms with E-state index in [2.05, 4.69) is 58.2 Å². The quantitative estimate of drug-likeness (QED) is 0.540. The second kappa shape index (κ2) is 8.67. The molecule has 1 unspecified atom stereocenters. The van der Waals surface area contributed by atoms with Gasteiger partial charge in [-0.15, -0.1) is 0 Å². The SMILES string of the molecule is COCCCN(C)CC(CBr)c1ccccc1. The van der Waals surface area contributed by atoms with Gasteiger partial charge in [-0.25, -0.2) is 0 Å². The summed E-state index contributed by atoms with van der Waals surface area (Å²) in [6.07, 6.45) is 1.09. The summed E-state index contributed by atoms with van der Waals surface area (Å²) >= 11 is 3.61. The van der Waals surface area contributed by atoms with E-state index in [4.69, 9.17) is 4.74 Å². The van der Waals surface area contributed by atoms with E-state index >= 15 is 0 Å². The number of methoxy groups -OCH3 is 1. The second-order valence-electron chi connectivity index (χ2n) is 4.37. The summed E-state index contributed by atoms with van der Waals surface area (Å²) in [6.45, 7) is 3.01. The maximum atomic E-state index is 5.07. The number of ether oxygens (including phenoxy) is 1. The zero-order valence-electron chi connectivity index (χ0n) is 10.7. The first-order valence-corrected chi connectivity index (χ1v) is 7.18. The fourth-order valence-electron chi connectivity index (χ4n) is 1.91. The number of benzene rings is 1. The standard InChI is InChI=1S/C14H22BrNO/c1-16(9-6-10-17-2)12-14(11-15)13-7-4-3-5-8-13/h3-5,7-8,14H,6,9-12H2,1-2H3. The van der Waals surface area contributed by atoms with Gasteiger partial charge in [0.1, 0.15) is 0 Å². The first-order chi connectivity index (χ1) is 8.27. The molecule has 0 aliphatic carbocycles. The van der Waals surface area contributed by atoms with Crippen molar-refractivity contribution in [2.75, 3.05) is 39.2 Å². The second-order valence-corrected chi connectivity index (χ2v) is 5.02. The molecule has 1 aromatic rings. The van der Waals surface area contributed by atoms with E-state index in [1.54, 1.807) is 7.11 Å². The third kappa shape index (κ3) is 5.66. The first-order valence-electron chi connectivity index (χ1n) is 6.06. The highest BCUT2D eigenvalue weighted by molar-refractivity contribution is 9.09. The van der Waals surface area contributed by atoms with Crippen molar-refractivity contribution in [1.82, 2.24) is 4.90 Å². The van der Waals surface area contributed by atoms with Crippen LogP contribution in [0.25, 0.3) is 0 Å². The molecule has 0 bridgehead atoms. The molecule has 0 spiro atoms. The number of nitrogens with zero attached hydrogens (tertiary/aromatic N) is 1. The minimum absolute atomic E-state index is 0.559. The lowest BCUT2D eigenvalue weighted by atomic mass is 10.0. The molecule has 1 atom stereocenters. The monoisotopic (exact) mass is 299 g/mol. The summed E-state index contributed by atoms with van der Waals surface area (Å²) < 4.78 is 5.07. The van der Waals surface area contributed by atoms with E-state index < -0.39 is 0 Å². The van der Waals surface area contributed by atoms with Gasteiger partial charge in [0, 0.05) is 38.1 Å². The molecular formula is C14H22BrNO. The molecule has 1 aromatic carbocycles. The van der Waals surface area contributed by atoms with E-state index in [0.29, 0.717) is 5.92 Å². The molecule has 17 heavy (non-hydrogen) atoms. The van der Waals surface area contributed by atoms with Gasteiger partial charge < -0.3 is 9.64 Å². The van der Waals surface area contributed by atoms with E-state index in [0.717, 1.165) is 31.4 Å². The molecule has 0 N–H and O–H groups in total. The molecule has 3 heteroatoms. The van der Waals surface area contributed by atoms with E-state index in [1.165, 1.54) is 5.56 Å². The Morgan fingerprint density at radius 1 is 1.29 bits per heavy atom. The molecule has 96 valence electrons. The molecule has 0 aromatic heterocycles. The fourth-order valence-corrected chi connectivity index (χ4v) is 2.49. The van der Waals surface area contributed by atoms with Crippen LogP contribution in [0, 0.1) is 0 Å². The number of likely N-dealkylation sites (N-methyl/N-ethyl adjacent to an activating group) is 1. The van der Waals surface area contributed by atoms with Crippen molar-refractivity contribution >= 4 is 15.9 Å². The molecule has 1 rings (SSSR count). The third-order valence-electron chi connectivity index (χ3n) is 2.88. The number of rotatable bonds is 8. The highest BCUT2D eigenvalue weighted by atomic mass is 79.9. The summed E-state index contributed by atoms with van der Waals surface area (Å²) in [5.74, 6) is 0.559. The van der Waals surface area contributed by atoms with E-state index in [1.807, 2.05) is 0 Å². The Morgan fingerprint density at radius 2 is 2.00 bits per heavy atom. The van der Waals surface area contributed by atoms with Crippen molar-refractivity contribution in [3.8, 4) is 0 Å². The average molecular weight is 300 g/mol. The van der Waals surface area contributed by atoms with Crippen LogP contribution in [-0.2, 0) is 4.74 Å². The summed E-state index contributed by atoms with van der Waals surface area (Å²) in [5, 5.41) is 1.01. The predicted molar refractivity (Wildman–Crippen MR) is 77.0 cm³/mol. The summed E-state index contributed by atoms with van der Waals surface area (Å²) in [4.78, 5) is 2.37. The topological polar surface area (TPSA) is 12.5 Å². The molecule has 0 aliphatic rings. The molecule has 0 fully saturated rings. The molecule has 0 saturated carbocycles. The summed E-state index contributed by atoms with van der Waals surface area (Å²) in [6, 6.07) is 10.7. The zero-order chi connectivity index (χ0) is 12.5. The van der Waals surface area contributed by atoms with E-state index in [-0.39, 0.29) is 0 Å². The van der Waals surface area contributed by atoms with Gasteiger partial charge >= 0.3 is 0 Å². The highest BCUT2D eigenvalue weighted by Crippen LogP contribution is 2.18. The van der Waals surface area contributed by atoms with Crippen LogP contribution in [-0.4, -0.2) is 44.1 Å². The van der Waals surface area contributed by atoms with Gasteiger partial charge in [-0.3, -0.25) is 0 Å². The van der Waals surface area contributed by atoms with E-state index in [9.17, 15) is 0 Å². The van der Waals surface area contributed by atoms with Crippen molar-refractivity contribution in [3.05, 3.63) is 35.9 Å². The van der Waals surface area contributed by atoms with Crippen molar-refractivity contribution in [2.24, 2.45) is 0 Å². The Kier molecular flexibility index (Phi) is 7.49. The zero-order valence-corrected chi connectivity index (χ0v) is 12.3. The molecular weight excluding hydrogens is 278 g/mol. The van der Waals surface area contributed by atoms with Crippen LogP contribution >= 0.6 is 15.9 Å². The smallest absolute Gasteiger partial charge is 0.0474 e. The van der Waals surface area contributed by atoms with Crippen LogP contribution < -0.4 is 0 Å². The molecule has 0 amide bonds. The third-order valence-corrected chi connectivity index (χ3v) is 3.66. The van der Waals surface area contributed by atoms with Crippen LogP contribution in [0.4, 0.5) is 0 Å². The van der Waals surface area contributed by atoms with Crippen molar-refractivity contribution in [1.29, 1.82) is 0 Å². The molecule has 2 nitrogen and oxygen atoms in total. The number of alkyl halides is 1. The van der Waals surface area contributed by atoms with Gasteiger partial charge in [-0.05, 0) is 19.0 Å². The Labute approximate surface area is 113 Å². The number of halogens is 1. The van der Waals surface area contributed by atoms with Crippen LogP contribution in [0.15, 0.2) is 30.3 Å². The summed E-state index contributed by atoms with van der Waals surface area (Å²) in [7, 11) is 3.93.